The lowest BCUT2D eigenvalue weighted by Gasteiger charge is -2.26. The third-order valence-electron chi connectivity index (χ3n) is 10.2. The number of imidazole rings is 1. The standard InChI is InChI=1S/C47H46FN5O/c1-45(2,3)30-18-20-50-44(25-30)53-41-26-33(48)14-16-37(41)38-17-15-35(27-42(38)53)54-36-19-21-49-43(28-36)52-29-51(39-12-10-11-13-40(39)52)34-23-31(46(4,5)6)22-32(24-34)47(7,8)9/h10-28H,1-9H3. The van der Waals surface area contributed by atoms with E-state index in [1.165, 1.54) is 17.2 Å². The lowest BCUT2D eigenvalue weighted by Crippen LogP contribution is -2.31. The van der Waals surface area contributed by atoms with Crippen molar-refractivity contribution < 1.29 is 13.7 Å². The second-order valence-electron chi connectivity index (χ2n) is 17.3. The molecule has 7 heteroatoms. The van der Waals surface area contributed by atoms with Crippen LogP contribution in [0, 0.1) is 12.1 Å². The van der Waals surface area contributed by atoms with E-state index in [0.717, 1.165) is 49.9 Å². The summed E-state index contributed by atoms with van der Waals surface area (Å²) in [5.41, 5.74) is 8.23. The predicted molar refractivity (Wildman–Crippen MR) is 216 cm³/mol. The smallest absolute Gasteiger partial charge is 0.271 e. The molecule has 8 rings (SSSR count). The highest BCUT2D eigenvalue weighted by atomic mass is 19.1. The van der Waals surface area contributed by atoms with Crippen molar-refractivity contribution in [3.63, 3.8) is 0 Å². The first kappa shape index (κ1) is 35.2. The molecule has 4 aromatic carbocycles. The summed E-state index contributed by atoms with van der Waals surface area (Å²) in [6, 6.07) is 34.0. The number of hydrogen-bond donors (Lipinski definition) is 0. The van der Waals surface area contributed by atoms with Gasteiger partial charge in [-0.25, -0.2) is 9.37 Å². The van der Waals surface area contributed by atoms with Crippen molar-refractivity contribution >= 4 is 32.8 Å². The van der Waals surface area contributed by atoms with Gasteiger partial charge in [-0.3, -0.25) is 18.7 Å². The highest BCUT2D eigenvalue weighted by Gasteiger charge is 2.23. The normalized spacial score (nSPS) is 12.6. The Morgan fingerprint density at radius 1 is 0.574 bits per heavy atom. The molecule has 0 amide bonds. The average Bonchev–Trinajstić information content (AvgIpc) is 3.66. The molecule has 272 valence electrons. The molecule has 0 radical (unpaired) electrons. The van der Waals surface area contributed by atoms with Crippen LogP contribution in [0.3, 0.4) is 0 Å². The average molecular weight is 716 g/mol. The van der Waals surface area contributed by atoms with Gasteiger partial charge in [0, 0.05) is 35.3 Å². The molecule has 4 aromatic heterocycles. The number of rotatable bonds is 5. The Bertz CT molecular complexity index is 2680. The fraction of sp³-hybridized carbons (Fsp3) is 0.255. The van der Waals surface area contributed by atoms with Crippen LogP contribution < -0.4 is 9.30 Å². The lowest BCUT2D eigenvalue weighted by atomic mass is 9.80. The fourth-order valence-corrected chi connectivity index (χ4v) is 7.04. The molecule has 0 aliphatic heterocycles. The largest absolute Gasteiger partial charge is 0.458 e. The number of benzene rings is 4. The first-order valence-corrected chi connectivity index (χ1v) is 18.5. The van der Waals surface area contributed by atoms with Gasteiger partial charge in [0.15, 0.2) is 5.82 Å². The number of hydrogen-bond acceptors (Lipinski definition) is 3. The van der Waals surface area contributed by atoms with Crippen molar-refractivity contribution in [1.29, 1.82) is 0 Å². The van der Waals surface area contributed by atoms with Crippen molar-refractivity contribution in [2.45, 2.75) is 78.6 Å². The SMILES string of the molecule is CC(C)(C)c1cc(-[n+]2[c-]n(-c3cc(Oc4ccc5c6ccc(F)cc6n(-c6cc(C(C)(C)C)ccn6)c5c4)ccn3)c3ccccc32)cc(C(C)(C)C)c1. The van der Waals surface area contributed by atoms with E-state index in [4.69, 9.17) is 14.7 Å². The highest BCUT2D eigenvalue weighted by molar-refractivity contribution is 6.09. The molecular formula is C47H46FN5O. The minimum atomic E-state index is -0.300. The van der Waals surface area contributed by atoms with Gasteiger partial charge >= 0.3 is 0 Å². The highest BCUT2D eigenvalue weighted by Crippen LogP contribution is 2.37. The Morgan fingerprint density at radius 3 is 1.89 bits per heavy atom. The third-order valence-corrected chi connectivity index (χ3v) is 10.2. The van der Waals surface area contributed by atoms with Gasteiger partial charge in [0.25, 0.3) is 6.33 Å². The van der Waals surface area contributed by atoms with E-state index < -0.39 is 0 Å². The van der Waals surface area contributed by atoms with E-state index in [1.807, 2.05) is 63.9 Å². The van der Waals surface area contributed by atoms with Gasteiger partial charge in [0.05, 0.1) is 27.8 Å². The molecule has 0 aliphatic carbocycles. The van der Waals surface area contributed by atoms with Crippen molar-refractivity contribution in [3.8, 4) is 28.8 Å². The second-order valence-corrected chi connectivity index (χ2v) is 17.3. The maximum atomic E-state index is 14.7. The minimum Gasteiger partial charge on any atom is -0.458 e. The van der Waals surface area contributed by atoms with Crippen LogP contribution in [0.15, 0.2) is 116 Å². The monoisotopic (exact) mass is 715 g/mol. The molecule has 6 nitrogen and oxygen atoms in total. The molecule has 0 spiro atoms. The number of ether oxygens (including phenoxy) is 1. The van der Waals surface area contributed by atoms with E-state index in [-0.39, 0.29) is 22.1 Å². The topological polar surface area (TPSA) is 48.8 Å². The molecule has 0 atom stereocenters. The molecule has 0 bridgehead atoms. The van der Waals surface area contributed by atoms with Gasteiger partial charge < -0.3 is 4.74 Å². The Morgan fingerprint density at radius 2 is 1.19 bits per heavy atom. The molecule has 0 saturated carbocycles. The Kier molecular flexibility index (Phi) is 8.25. The van der Waals surface area contributed by atoms with Crippen molar-refractivity contribution in [1.82, 2.24) is 19.1 Å². The maximum Gasteiger partial charge on any atom is 0.271 e. The Hall–Kier alpha value is -5.82. The van der Waals surface area contributed by atoms with Crippen molar-refractivity contribution in [2.24, 2.45) is 0 Å². The van der Waals surface area contributed by atoms with Gasteiger partial charge in [-0.15, -0.1) is 0 Å². The summed E-state index contributed by atoms with van der Waals surface area (Å²) in [6.07, 6.45) is 7.21. The van der Waals surface area contributed by atoms with E-state index in [1.54, 1.807) is 12.3 Å². The van der Waals surface area contributed by atoms with Crippen LogP contribution in [0.25, 0.3) is 50.2 Å². The lowest BCUT2D eigenvalue weighted by molar-refractivity contribution is -0.572. The number of aromatic nitrogens is 5. The van der Waals surface area contributed by atoms with Gasteiger partial charge in [-0.1, -0.05) is 92.6 Å². The summed E-state index contributed by atoms with van der Waals surface area (Å²) in [4.78, 5) is 9.53. The van der Waals surface area contributed by atoms with E-state index in [0.29, 0.717) is 17.3 Å². The first-order chi connectivity index (χ1) is 25.5. The molecule has 4 heterocycles. The van der Waals surface area contributed by atoms with Gasteiger partial charge in [-0.2, -0.15) is 0 Å². The van der Waals surface area contributed by atoms with Crippen LogP contribution in [0.4, 0.5) is 4.39 Å². The van der Waals surface area contributed by atoms with E-state index in [9.17, 15) is 4.39 Å². The minimum absolute atomic E-state index is 0.0251. The number of halogens is 1. The zero-order chi connectivity index (χ0) is 38.2. The van der Waals surface area contributed by atoms with Crippen molar-refractivity contribution in [2.75, 3.05) is 0 Å². The number of para-hydroxylation sites is 2. The summed E-state index contributed by atoms with van der Waals surface area (Å²) >= 11 is 0. The summed E-state index contributed by atoms with van der Waals surface area (Å²) in [5, 5.41) is 1.93. The molecule has 0 saturated heterocycles. The summed E-state index contributed by atoms with van der Waals surface area (Å²) in [7, 11) is 0. The Balaban J connectivity index is 1.22. The van der Waals surface area contributed by atoms with E-state index >= 15 is 0 Å². The number of fused-ring (bicyclic) bond motifs is 4. The van der Waals surface area contributed by atoms with Crippen molar-refractivity contribution in [3.05, 3.63) is 144 Å². The van der Waals surface area contributed by atoms with Crippen LogP contribution in [0.5, 0.6) is 11.5 Å². The zero-order valence-corrected chi connectivity index (χ0v) is 32.5. The number of nitrogens with zero attached hydrogens (tertiary/aromatic N) is 5. The van der Waals surface area contributed by atoms with Crippen LogP contribution in [-0.4, -0.2) is 19.1 Å². The molecule has 0 aliphatic rings. The maximum absolute atomic E-state index is 14.7. The first-order valence-electron chi connectivity index (χ1n) is 18.5. The zero-order valence-electron chi connectivity index (χ0n) is 32.5. The van der Waals surface area contributed by atoms with Gasteiger partial charge in [-0.05, 0) is 93.6 Å². The third kappa shape index (κ3) is 6.42. The molecule has 54 heavy (non-hydrogen) atoms. The molecule has 0 unspecified atom stereocenters. The molecular weight excluding hydrogens is 670 g/mol. The molecule has 0 fully saturated rings. The van der Waals surface area contributed by atoms with Crippen LogP contribution in [0.2, 0.25) is 0 Å². The molecule has 0 N–H and O–H groups in total. The van der Waals surface area contributed by atoms with E-state index in [2.05, 4.69) is 116 Å². The summed E-state index contributed by atoms with van der Waals surface area (Å²) < 4.78 is 27.4. The number of pyridine rings is 2. The van der Waals surface area contributed by atoms with Crippen LogP contribution in [-0.2, 0) is 16.2 Å². The summed E-state index contributed by atoms with van der Waals surface area (Å²) in [5.74, 6) is 2.37. The van der Waals surface area contributed by atoms with Gasteiger partial charge in [0.1, 0.15) is 23.1 Å². The molecule has 8 aromatic rings. The second kappa shape index (κ2) is 12.7. The van der Waals surface area contributed by atoms with Crippen LogP contribution >= 0.6 is 0 Å². The quantitative estimate of drug-likeness (QED) is 0.132. The van der Waals surface area contributed by atoms with Gasteiger partial charge in [0.2, 0.25) is 0 Å². The fourth-order valence-electron chi connectivity index (χ4n) is 7.04. The summed E-state index contributed by atoms with van der Waals surface area (Å²) in [6.45, 7) is 20.0. The van der Waals surface area contributed by atoms with Crippen LogP contribution in [0.1, 0.15) is 79.0 Å². The predicted octanol–water partition coefficient (Wildman–Crippen LogP) is 11.4. The Labute approximate surface area is 316 Å².